The number of halogens is 1. The van der Waals surface area contributed by atoms with Gasteiger partial charge in [-0.15, -0.1) is 0 Å². The minimum atomic E-state index is -1.11. The van der Waals surface area contributed by atoms with Gasteiger partial charge in [0.05, 0.1) is 16.1 Å². The van der Waals surface area contributed by atoms with Crippen molar-refractivity contribution in [2.24, 2.45) is 0 Å². The summed E-state index contributed by atoms with van der Waals surface area (Å²) >= 11 is 5.94. The van der Waals surface area contributed by atoms with Crippen LogP contribution in [0.1, 0.15) is 20.7 Å². The number of benzene rings is 2. The summed E-state index contributed by atoms with van der Waals surface area (Å²) in [6.45, 7) is 0. The highest BCUT2D eigenvalue weighted by molar-refractivity contribution is 6.38. The number of rotatable bonds is 2. The van der Waals surface area contributed by atoms with Gasteiger partial charge in [-0.05, 0) is 23.6 Å². The van der Waals surface area contributed by atoms with Gasteiger partial charge in [0.2, 0.25) is 0 Å². The molecule has 2 N–H and O–H groups in total. The third-order valence-electron chi connectivity index (χ3n) is 2.43. The second kappa shape index (κ2) is 4.07. The van der Waals surface area contributed by atoms with E-state index < -0.39 is 11.9 Å². The first-order valence-electron chi connectivity index (χ1n) is 4.69. The predicted octanol–water partition coefficient (Wildman–Crippen LogP) is 2.89. The lowest BCUT2D eigenvalue weighted by Gasteiger charge is -2.05. The van der Waals surface area contributed by atoms with Gasteiger partial charge < -0.3 is 10.2 Å². The Balaban J connectivity index is 2.72. The van der Waals surface area contributed by atoms with Gasteiger partial charge in [-0.25, -0.2) is 9.59 Å². The molecule has 0 heterocycles. The number of fused-ring (bicyclic) bond motifs is 1. The first kappa shape index (κ1) is 11.4. The summed E-state index contributed by atoms with van der Waals surface area (Å²) in [5.41, 5.74) is 0.138. The molecule has 4 nitrogen and oxygen atoms in total. The molecule has 0 aliphatic rings. The van der Waals surface area contributed by atoms with Crippen molar-refractivity contribution >= 4 is 34.3 Å². The average Bonchev–Trinajstić information content (AvgIpc) is 2.28. The molecule has 0 atom stereocenters. The summed E-state index contributed by atoms with van der Waals surface area (Å²) in [5, 5.41) is 19.0. The lowest BCUT2D eigenvalue weighted by atomic mass is 10.0. The Kier molecular flexibility index (Phi) is 2.73. The highest BCUT2D eigenvalue weighted by Gasteiger charge is 2.12. The number of carboxylic acids is 2. The van der Waals surface area contributed by atoms with Crippen molar-refractivity contribution in [1.29, 1.82) is 0 Å². The van der Waals surface area contributed by atoms with E-state index in [9.17, 15) is 9.59 Å². The molecule has 0 unspecified atom stereocenters. The van der Waals surface area contributed by atoms with Crippen LogP contribution in [0.3, 0.4) is 0 Å². The number of hydrogen-bond acceptors (Lipinski definition) is 2. The fraction of sp³-hybridized carbons (Fsp3) is 0. The maximum atomic E-state index is 10.9. The smallest absolute Gasteiger partial charge is 0.337 e. The Labute approximate surface area is 101 Å². The van der Waals surface area contributed by atoms with E-state index in [2.05, 4.69) is 0 Å². The lowest BCUT2D eigenvalue weighted by molar-refractivity contribution is 0.0686. The van der Waals surface area contributed by atoms with E-state index in [1.807, 2.05) is 0 Å². The third kappa shape index (κ3) is 1.94. The molecule has 0 spiro atoms. The molecule has 0 radical (unpaired) electrons. The monoisotopic (exact) mass is 250 g/mol. The standard InChI is InChI=1S/C12H7ClO4/c13-10-8-3-2-7(11(14)15)5-6(8)1-4-9(10)12(16)17/h1-5H,(H,14,15)(H,16,17). The van der Waals surface area contributed by atoms with E-state index in [0.29, 0.717) is 10.8 Å². The van der Waals surface area contributed by atoms with Gasteiger partial charge in [-0.2, -0.15) is 0 Å². The van der Waals surface area contributed by atoms with Crippen LogP contribution < -0.4 is 0 Å². The molecular formula is C12H7ClO4. The van der Waals surface area contributed by atoms with E-state index in [0.717, 1.165) is 0 Å². The first-order chi connectivity index (χ1) is 8.00. The molecular weight excluding hydrogens is 244 g/mol. The average molecular weight is 251 g/mol. The Morgan fingerprint density at radius 1 is 1.00 bits per heavy atom. The second-order valence-electron chi connectivity index (χ2n) is 3.47. The molecule has 0 bridgehead atoms. The van der Waals surface area contributed by atoms with Crippen molar-refractivity contribution in [3.05, 3.63) is 46.5 Å². The molecule has 17 heavy (non-hydrogen) atoms. The van der Waals surface area contributed by atoms with Gasteiger partial charge in [0, 0.05) is 5.39 Å². The minimum absolute atomic E-state index is 0.00208. The zero-order chi connectivity index (χ0) is 12.6. The quantitative estimate of drug-likeness (QED) is 0.859. The molecule has 2 aromatic carbocycles. The SMILES string of the molecule is O=C(O)c1ccc2c(Cl)c(C(=O)O)ccc2c1. The zero-order valence-electron chi connectivity index (χ0n) is 8.48. The van der Waals surface area contributed by atoms with E-state index in [4.69, 9.17) is 21.8 Å². The van der Waals surface area contributed by atoms with Crippen LogP contribution in [0.4, 0.5) is 0 Å². The molecule has 2 rings (SSSR count). The Morgan fingerprint density at radius 2 is 1.71 bits per heavy atom. The Bertz CT molecular complexity index is 634. The summed E-state index contributed by atoms with van der Waals surface area (Å²) in [4.78, 5) is 21.6. The summed E-state index contributed by atoms with van der Waals surface area (Å²) in [5.74, 6) is -2.15. The third-order valence-corrected chi connectivity index (χ3v) is 2.84. The fourth-order valence-electron chi connectivity index (χ4n) is 1.59. The van der Waals surface area contributed by atoms with Crippen LogP contribution in [-0.2, 0) is 0 Å². The van der Waals surface area contributed by atoms with Crippen LogP contribution in [0.25, 0.3) is 10.8 Å². The molecule has 0 aromatic heterocycles. The van der Waals surface area contributed by atoms with Gasteiger partial charge >= 0.3 is 11.9 Å². The van der Waals surface area contributed by atoms with Crippen molar-refractivity contribution in [3.8, 4) is 0 Å². The first-order valence-corrected chi connectivity index (χ1v) is 5.07. The maximum absolute atomic E-state index is 10.9. The maximum Gasteiger partial charge on any atom is 0.337 e. The number of hydrogen-bond donors (Lipinski definition) is 2. The summed E-state index contributed by atoms with van der Waals surface area (Å²) < 4.78 is 0. The molecule has 0 fully saturated rings. The Morgan fingerprint density at radius 3 is 2.29 bits per heavy atom. The second-order valence-corrected chi connectivity index (χ2v) is 3.85. The number of aromatic carboxylic acids is 2. The van der Waals surface area contributed by atoms with Crippen LogP contribution in [0.5, 0.6) is 0 Å². The fourth-order valence-corrected chi connectivity index (χ4v) is 1.91. The van der Waals surface area contributed by atoms with Crippen LogP contribution in [-0.4, -0.2) is 22.2 Å². The number of carboxylic acid groups (broad SMARTS) is 2. The van der Waals surface area contributed by atoms with Crippen molar-refractivity contribution in [2.75, 3.05) is 0 Å². The van der Waals surface area contributed by atoms with Crippen LogP contribution >= 0.6 is 11.6 Å². The van der Waals surface area contributed by atoms with Crippen molar-refractivity contribution in [2.45, 2.75) is 0 Å². The largest absolute Gasteiger partial charge is 0.478 e. The summed E-state index contributed by atoms with van der Waals surface area (Å²) in [6, 6.07) is 7.25. The molecule has 0 aliphatic carbocycles. The minimum Gasteiger partial charge on any atom is -0.478 e. The van der Waals surface area contributed by atoms with Gasteiger partial charge in [-0.1, -0.05) is 23.7 Å². The van der Waals surface area contributed by atoms with Crippen molar-refractivity contribution < 1.29 is 19.8 Å². The van der Waals surface area contributed by atoms with E-state index in [-0.39, 0.29) is 16.1 Å². The van der Waals surface area contributed by atoms with E-state index in [1.165, 1.54) is 30.3 Å². The van der Waals surface area contributed by atoms with E-state index in [1.54, 1.807) is 0 Å². The van der Waals surface area contributed by atoms with Crippen molar-refractivity contribution in [3.63, 3.8) is 0 Å². The predicted molar refractivity (Wildman–Crippen MR) is 62.9 cm³/mol. The summed E-state index contributed by atoms with van der Waals surface area (Å²) in [7, 11) is 0. The lowest BCUT2D eigenvalue weighted by Crippen LogP contribution is -1.99. The van der Waals surface area contributed by atoms with Crippen LogP contribution in [0.2, 0.25) is 5.02 Å². The molecule has 0 saturated heterocycles. The molecule has 5 heteroatoms. The molecule has 0 aliphatic heterocycles. The highest BCUT2D eigenvalue weighted by Crippen LogP contribution is 2.28. The van der Waals surface area contributed by atoms with Gasteiger partial charge in [0.25, 0.3) is 0 Å². The summed E-state index contributed by atoms with van der Waals surface area (Å²) in [6.07, 6.45) is 0. The molecule has 86 valence electrons. The van der Waals surface area contributed by atoms with E-state index >= 15 is 0 Å². The van der Waals surface area contributed by atoms with Gasteiger partial charge in [0.15, 0.2) is 0 Å². The zero-order valence-corrected chi connectivity index (χ0v) is 9.23. The number of carbonyl (C=O) groups is 2. The topological polar surface area (TPSA) is 74.6 Å². The van der Waals surface area contributed by atoms with Crippen LogP contribution in [0, 0.1) is 0 Å². The highest BCUT2D eigenvalue weighted by atomic mass is 35.5. The van der Waals surface area contributed by atoms with Gasteiger partial charge in [-0.3, -0.25) is 0 Å². The van der Waals surface area contributed by atoms with Crippen LogP contribution in [0.15, 0.2) is 30.3 Å². The molecule has 0 saturated carbocycles. The molecule has 2 aromatic rings. The van der Waals surface area contributed by atoms with Crippen molar-refractivity contribution in [1.82, 2.24) is 0 Å². The Hall–Kier alpha value is -2.07. The van der Waals surface area contributed by atoms with Gasteiger partial charge in [0.1, 0.15) is 0 Å². The molecule has 0 amide bonds. The normalized spacial score (nSPS) is 10.4.